The number of benzene rings is 2. The number of piperazine rings is 1. The van der Waals surface area contributed by atoms with Crippen molar-refractivity contribution in [1.82, 2.24) is 9.80 Å². The molecule has 0 N–H and O–H groups in total. The molecule has 2 aliphatic heterocycles. The molecule has 2 fully saturated rings. The zero-order valence-corrected chi connectivity index (χ0v) is 15.8. The molecule has 2 aromatic rings. The second kappa shape index (κ2) is 8.10. The Morgan fingerprint density at radius 1 is 0.964 bits per heavy atom. The standard InChI is InChI=1S/C22H24FN3O2/c23-18-7-4-8-19(15-18)26-10-9-20(22(26)28)21(27)25-13-11-24(12-14-25)16-17-5-2-1-3-6-17/h1-8,15,20H,9-14,16H2. The van der Waals surface area contributed by atoms with Crippen molar-refractivity contribution in [1.29, 1.82) is 0 Å². The molecule has 4 rings (SSSR count). The fourth-order valence-corrected chi connectivity index (χ4v) is 4.00. The van der Waals surface area contributed by atoms with Gasteiger partial charge >= 0.3 is 0 Å². The molecule has 146 valence electrons. The molecule has 28 heavy (non-hydrogen) atoms. The molecule has 5 nitrogen and oxygen atoms in total. The third-order valence-electron chi connectivity index (χ3n) is 5.56. The van der Waals surface area contributed by atoms with E-state index in [4.69, 9.17) is 0 Å². The van der Waals surface area contributed by atoms with Gasteiger partial charge in [0, 0.05) is 45.0 Å². The predicted molar refractivity (Wildman–Crippen MR) is 105 cm³/mol. The molecule has 1 atom stereocenters. The van der Waals surface area contributed by atoms with Gasteiger partial charge in [-0.15, -0.1) is 0 Å². The van der Waals surface area contributed by atoms with Crippen LogP contribution in [-0.2, 0) is 16.1 Å². The summed E-state index contributed by atoms with van der Waals surface area (Å²) in [6.45, 7) is 4.19. The Morgan fingerprint density at radius 2 is 1.71 bits per heavy atom. The minimum absolute atomic E-state index is 0.0942. The maximum absolute atomic E-state index is 13.5. The topological polar surface area (TPSA) is 43.9 Å². The highest BCUT2D eigenvalue weighted by atomic mass is 19.1. The normalized spacial score (nSPS) is 20.6. The van der Waals surface area contributed by atoms with Crippen molar-refractivity contribution < 1.29 is 14.0 Å². The van der Waals surface area contributed by atoms with Crippen LogP contribution in [0, 0.1) is 11.7 Å². The predicted octanol–water partition coefficient (Wildman–Crippen LogP) is 2.52. The summed E-state index contributed by atoms with van der Waals surface area (Å²) in [4.78, 5) is 31.3. The zero-order chi connectivity index (χ0) is 19.5. The highest BCUT2D eigenvalue weighted by Gasteiger charge is 2.40. The smallest absolute Gasteiger partial charge is 0.239 e. The van der Waals surface area contributed by atoms with Crippen LogP contribution in [0.4, 0.5) is 10.1 Å². The van der Waals surface area contributed by atoms with E-state index in [1.807, 2.05) is 18.2 Å². The molecular formula is C22H24FN3O2. The average molecular weight is 381 g/mol. The minimum Gasteiger partial charge on any atom is -0.339 e. The van der Waals surface area contributed by atoms with E-state index in [0.29, 0.717) is 31.7 Å². The third-order valence-corrected chi connectivity index (χ3v) is 5.56. The summed E-state index contributed by atoms with van der Waals surface area (Å²) in [7, 11) is 0. The number of halogens is 1. The summed E-state index contributed by atoms with van der Waals surface area (Å²) in [5, 5.41) is 0. The highest BCUT2D eigenvalue weighted by molar-refractivity contribution is 6.09. The Bertz CT molecular complexity index is 850. The first-order chi connectivity index (χ1) is 13.6. The van der Waals surface area contributed by atoms with Gasteiger partial charge in [-0.1, -0.05) is 36.4 Å². The first kappa shape index (κ1) is 18.6. The summed E-state index contributed by atoms with van der Waals surface area (Å²) in [6, 6.07) is 16.3. The molecule has 0 radical (unpaired) electrons. The molecule has 0 aliphatic carbocycles. The SMILES string of the molecule is O=C(C1CCN(c2cccc(F)c2)C1=O)N1CCN(Cc2ccccc2)CC1. The Labute approximate surface area is 164 Å². The van der Waals surface area contributed by atoms with E-state index in [2.05, 4.69) is 17.0 Å². The van der Waals surface area contributed by atoms with Crippen LogP contribution in [0.3, 0.4) is 0 Å². The van der Waals surface area contributed by atoms with Crippen LogP contribution >= 0.6 is 0 Å². The van der Waals surface area contributed by atoms with Crippen LogP contribution in [0.2, 0.25) is 0 Å². The van der Waals surface area contributed by atoms with Crippen LogP contribution in [0.5, 0.6) is 0 Å². The van der Waals surface area contributed by atoms with Crippen molar-refractivity contribution >= 4 is 17.5 Å². The molecule has 0 bridgehead atoms. The fraction of sp³-hybridized carbons (Fsp3) is 0.364. The maximum atomic E-state index is 13.5. The number of nitrogens with zero attached hydrogens (tertiary/aromatic N) is 3. The van der Waals surface area contributed by atoms with E-state index < -0.39 is 5.92 Å². The quantitative estimate of drug-likeness (QED) is 0.765. The lowest BCUT2D eigenvalue weighted by Gasteiger charge is -2.35. The summed E-state index contributed by atoms with van der Waals surface area (Å²) in [5.74, 6) is -1.34. The first-order valence-corrected chi connectivity index (χ1v) is 9.74. The summed E-state index contributed by atoms with van der Waals surface area (Å²) in [5.41, 5.74) is 1.78. The van der Waals surface area contributed by atoms with Crippen molar-refractivity contribution in [2.75, 3.05) is 37.6 Å². The van der Waals surface area contributed by atoms with Gasteiger partial charge in [-0.25, -0.2) is 4.39 Å². The lowest BCUT2D eigenvalue weighted by Crippen LogP contribution is -2.51. The Kier molecular flexibility index (Phi) is 5.39. The van der Waals surface area contributed by atoms with Gasteiger partial charge in [-0.3, -0.25) is 14.5 Å². The lowest BCUT2D eigenvalue weighted by molar-refractivity contribution is -0.141. The van der Waals surface area contributed by atoms with Crippen molar-refractivity contribution in [3.8, 4) is 0 Å². The van der Waals surface area contributed by atoms with E-state index in [1.54, 1.807) is 17.0 Å². The van der Waals surface area contributed by atoms with Gasteiger partial charge in [0.25, 0.3) is 0 Å². The van der Waals surface area contributed by atoms with Gasteiger partial charge < -0.3 is 9.80 Å². The van der Waals surface area contributed by atoms with Gasteiger partial charge in [0.15, 0.2) is 0 Å². The number of rotatable bonds is 4. The molecule has 2 aliphatic rings. The van der Waals surface area contributed by atoms with E-state index in [-0.39, 0.29) is 17.6 Å². The molecule has 2 amide bonds. The van der Waals surface area contributed by atoms with Gasteiger partial charge in [0.1, 0.15) is 11.7 Å². The molecule has 2 saturated heterocycles. The molecule has 0 spiro atoms. The van der Waals surface area contributed by atoms with Crippen LogP contribution < -0.4 is 4.90 Å². The fourth-order valence-electron chi connectivity index (χ4n) is 4.00. The highest BCUT2D eigenvalue weighted by Crippen LogP contribution is 2.27. The largest absolute Gasteiger partial charge is 0.339 e. The Balaban J connectivity index is 1.33. The first-order valence-electron chi connectivity index (χ1n) is 9.74. The molecule has 1 unspecified atom stereocenters. The number of carbonyl (C=O) groups is 2. The number of carbonyl (C=O) groups excluding carboxylic acids is 2. The number of hydrogen-bond donors (Lipinski definition) is 0. The monoisotopic (exact) mass is 381 g/mol. The second-order valence-electron chi connectivity index (χ2n) is 7.40. The summed E-state index contributed by atoms with van der Waals surface area (Å²) < 4.78 is 13.5. The molecule has 2 heterocycles. The van der Waals surface area contributed by atoms with E-state index in [0.717, 1.165) is 19.6 Å². The van der Waals surface area contributed by atoms with Crippen molar-refractivity contribution in [2.24, 2.45) is 5.92 Å². The van der Waals surface area contributed by atoms with Crippen molar-refractivity contribution in [3.05, 3.63) is 66.0 Å². The maximum Gasteiger partial charge on any atom is 0.239 e. The van der Waals surface area contributed by atoms with E-state index >= 15 is 0 Å². The molecule has 2 aromatic carbocycles. The van der Waals surface area contributed by atoms with Gasteiger partial charge in [-0.2, -0.15) is 0 Å². The third kappa shape index (κ3) is 3.92. The van der Waals surface area contributed by atoms with Crippen molar-refractivity contribution in [3.63, 3.8) is 0 Å². The van der Waals surface area contributed by atoms with Gasteiger partial charge in [0.2, 0.25) is 11.8 Å². The molecular weight excluding hydrogens is 357 g/mol. The average Bonchev–Trinajstić information content (AvgIpc) is 3.10. The Morgan fingerprint density at radius 3 is 2.43 bits per heavy atom. The van der Waals surface area contributed by atoms with Crippen LogP contribution in [0.15, 0.2) is 54.6 Å². The zero-order valence-electron chi connectivity index (χ0n) is 15.8. The molecule has 6 heteroatoms. The second-order valence-corrected chi connectivity index (χ2v) is 7.40. The minimum atomic E-state index is -0.649. The number of hydrogen-bond acceptors (Lipinski definition) is 3. The molecule has 0 saturated carbocycles. The van der Waals surface area contributed by atoms with E-state index in [1.165, 1.54) is 22.6 Å². The van der Waals surface area contributed by atoms with Gasteiger partial charge in [0.05, 0.1) is 0 Å². The lowest BCUT2D eigenvalue weighted by atomic mass is 10.1. The molecule has 0 aromatic heterocycles. The van der Waals surface area contributed by atoms with Crippen LogP contribution in [0.1, 0.15) is 12.0 Å². The summed E-state index contributed by atoms with van der Waals surface area (Å²) >= 11 is 0. The van der Waals surface area contributed by atoms with E-state index in [9.17, 15) is 14.0 Å². The number of amides is 2. The number of anilines is 1. The summed E-state index contributed by atoms with van der Waals surface area (Å²) in [6.07, 6.45) is 0.485. The van der Waals surface area contributed by atoms with Crippen molar-refractivity contribution in [2.45, 2.75) is 13.0 Å². The van der Waals surface area contributed by atoms with Crippen LogP contribution in [0.25, 0.3) is 0 Å². The Hall–Kier alpha value is -2.73. The van der Waals surface area contributed by atoms with Crippen LogP contribution in [-0.4, -0.2) is 54.3 Å². The van der Waals surface area contributed by atoms with Gasteiger partial charge in [-0.05, 0) is 30.2 Å².